The molecule has 68 valence electrons. The summed E-state index contributed by atoms with van der Waals surface area (Å²) < 4.78 is 0. The van der Waals surface area contributed by atoms with E-state index in [4.69, 9.17) is 5.26 Å². The molecule has 0 spiro atoms. The number of rotatable bonds is 5. The molecular formula is C11H19N. The van der Waals surface area contributed by atoms with Gasteiger partial charge in [-0.1, -0.05) is 32.4 Å². The van der Waals surface area contributed by atoms with E-state index in [0.717, 1.165) is 12.8 Å². The van der Waals surface area contributed by atoms with E-state index in [1.165, 1.54) is 5.57 Å². The minimum absolute atomic E-state index is 0.490. The average molecular weight is 165 g/mol. The molecule has 0 aromatic carbocycles. The van der Waals surface area contributed by atoms with Crippen LogP contribution in [0, 0.1) is 23.2 Å². The smallest absolute Gasteiger partial charge is 0.0624 e. The number of allylic oxidation sites excluding steroid dienone is 1. The van der Waals surface area contributed by atoms with Gasteiger partial charge >= 0.3 is 0 Å². The number of hydrogen-bond acceptors (Lipinski definition) is 1. The molecule has 1 heteroatoms. The van der Waals surface area contributed by atoms with Crippen LogP contribution in [-0.4, -0.2) is 0 Å². The van der Waals surface area contributed by atoms with Gasteiger partial charge in [0, 0.05) is 6.42 Å². The molecule has 0 fully saturated rings. The third-order valence-corrected chi connectivity index (χ3v) is 2.50. The summed E-state index contributed by atoms with van der Waals surface area (Å²) in [6.07, 6.45) is 2.97. The minimum Gasteiger partial charge on any atom is -0.198 e. The molecule has 0 rings (SSSR count). The molecule has 0 saturated heterocycles. The van der Waals surface area contributed by atoms with Gasteiger partial charge in [0.15, 0.2) is 0 Å². The highest BCUT2D eigenvalue weighted by atomic mass is 14.3. The van der Waals surface area contributed by atoms with E-state index in [-0.39, 0.29) is 0 Å². The second kappa shape index (κ2) is 5.83. The van der Waals surface area contributed by atoms with Crippen LogP contribution in [0.15, 0.2) is 12.2 Å². The highest BCUT2D eigenvalue weighted by Gasteiger charge is 2.16. The average Bonchev–Trinajstić information content (AvgIpc) is 2.03. The highest BCUT2D eigenvalue weighted by Crippen LogP contribution is 2.25. The predicted octanol–water partition coefficient (Wildman–Crippen LogP) is 3.53. The van der Waals surface area contributed by atoms with Crippen molar-refractivity contribution >= 4 is 0 Å². The van der Waals surface area contributed by atoms with Crippen LogP contribution in [-0.2, 0) is 0 Å². The van der Waals surface area contributed by atoms with Crippen LogP contribution in [0.25, 0.3) is 0 Å². The molecule has 0 aromatic heterocycles. The zero-order valence-corrected chi connectivity index (χ0v) is 8.43. The van der Waals surface area contributed by atoms with Crippen molar-refractivity contribution in [3.8, 4) is 6.07 Å². The Balaban J connectivity index is 4.10. The lowest BCUT2D eigenvalue weighted by Crippen LogP contribution is -2.11. The topological polar surface area (TPSA) is 23.8 Å². The summed E-state index contributed by atoms with van der Waals surface area (Å²) in [6.45, 7) is 10.3. The second-order valence-corrected chi connectivity index (χ2v) is 3.55. The molecule has 0 saturated carbocycles. The SMILES string of the molecule is C=C(C)[C@H](C)[C@@H](CC#N)CCC. The van der Waals surface area contributed by atoms with Crippen molar-refractivity contribution in [3.63, 3.8) is 0 Å². The lowest BCUT2D eigenvalue weighted by molar-refractivity contribution is 0.380. The Morgan fingerprint density at radius 1 is 1.58 bits per heavy atom. The molecule has 0 aliphatic carbocycles. The zero-order chi connectivity index (χ0) is 9.56. The van der Waals surface area contributed by atoms with Crippen LogP contribution in [0.5, 0.6) is 0 Å². The van der Waals surface area contributed by atoms with E-state index in [9.17, 15) is 0 Å². The molecule has 2 atom stereocenters. The minimum atomic E-state index is 0.490. The monoisotopic (exact) mass is 165 g/mol. The normalized spacial score (nSPS) is 14.8. The first-order valence-electron chi connectivity index (χ1n) is 4.65. The molecule has 0 radical (unpaired) electrons. The Hall–Kier alpha value is -0.770. The maximum atomic E-state index is 8.61. The van der Waals surface area contributed by atoms with E-state index in [1.54, 1.807) is 0 Å². The van der Waals surface area contributed by atoms with Crippen LogP contribution >= 0.6 is 0 Å². The lowest BCUT2D eigenvalue weighted by atomic mass is 9.84. The van der Waals surface area contributed by atoms with Crippen molar-refractivity contribution in [2.24, 2.45) is 11.8 Å². The highest BCUT2D eigenvalue weighted by molar-refractivity contribution is 4.98. The summed E-state index contributed by atoms with van der Waals surface area (Å²) in [5, 5.41) is 8.61. The van der Waals surface area contributed by atoms with Gasteiger partial charge in [-0.3, -0.25) is 0 Å². The summed E-state index contributed by atoms with van der Waals surface area (Å²) >= 11 is 0. The Bertz CT molecular complexity index is 176. The number of nitrogens with zero attached hydrogens (tertiary/aromatic N) is 1. The van der Waals surface area contributed by atoms with Crippen molar-refractivity contribution in [2.75, 3.05) is 0 Å². The Morgan fingerprint density at radius 3 is 2.50 bits per heavy atom. The summed E-state index contributed by atoms with van der Waals surface area (Å²) in [7, 11) is 0. The quantitative estimate of drug-likeness (QED) is 0.572. The molecule has 0 aliphatic rings. The van der Waals surface area contributed by atoms with E-state index in [2.05, 4.69) is 26.5 Å². The molecule has 0 unspecified atom stereocenters. The molecule has 12 heavy (non-hydrogen) atoms. The van der Waals surface area contributed by atoms with E-state index in [0.29, 0.717) is 18.3 Å². The molecular weight excluding hydrogens is 146 g/mol. The molecule has 0 aliphatic heterocycles. The lowest BCUT2D eigenvalue weighted by Gasteiger charge is -2.21. The summed E-state index contributed by atoms with van der Waals surface area (Å²) in [5.41, 5.74) is 1.20. The standard InChI is InChI=1S/C11H19N/c1-5-6-11(7-8-12)10(4)9(2)3/h10-11H,2,5-7H2,1,3-4H3/t10-,11+/m0/s1. The second-order valence-electron chi connectivity index (χ2n) is 3.55. The van der Waals surface area contributed by atoms with Crippen molar-refractivity contribution in [1.29, 1.82) is 5.26 Å². The van der Waals surface area contributed by atoms with Gasteiger partial charge < -0.3 is 0 Å². The fourth-order valence-corrected chi connectivity index (χ4v) is 1.42. The van der Waals surface area contributed by atoms with Gasteiger partial charge in [0.2, 0.25) is 0 Å². The Kier molecular flexibility index (Phi) is 5.45. The van der Waals surface area contributed by atoms with Crippen molar-refractivity contribution in [1.82, 2.24) is 0 Å². The Labute approximate surface area is 76.1 Å². The fourth-order valence-electron chi connectivity index (χ4n) is 1.42. The Morgan fingerprint density at radius 2 is 2.17 bits per heavy atom. The first kappa shape index (κ1) is 11.2. The van der Waals surface area contributed by atoms with Gasteiger partial charge in [0.05, 0.1) is 6.07 Å². The van der Waals surface area contributed by atoms with Gasteiger partial charge in [0.25, 0.3) is 0 Å². The van der Waals surface area contributed by atoms with Gasteiger partial charge in [-0.25, -0.2) is 0 Å². The van der Waals surface area contributed by atoms with Crippen molar-refractivity contribution < 1.29 is 0 Å². The number of nitriles is 1. The fraction of sp³-hybridized carbons (Fsp3) is 0.727. The van der Waals surface area contributed by atoms with Gasteiger partial charge in [-0.2, -0.15) is 5.26 Å². The van der Waals surface area contributed by atoms with Crippen molar-refractivity contribution in [2.45, 2.75) is 40.0 Å². The van der Waals surface area contributed by atoms with E-state index in [1.807, 2.05) is 6.92 Å². The first-order chi connectivity index (χ1) is 5.63. The third-order valence-electron chi connectivity index (χ3n) is 2.50. The number of hydrogen-bond donors (Lipinski definition) is 0. The molecule has 0 bridgehead atoms. The van der Waals surface area contributed by atoms with Crippen LogP contribution < -0.4 is 0 Å². The van der Waals surface area contributed by atoms with Crippen LogP contribution in [0.3, 0.4) is 0 Å². The summed E-state index contributed by atoms with van der Waals surface area (Å²) in [5.74, 6) is 1.00. The van der Waals surface area contributed by atoms with Gasteiger partial charge in [-0.05, 0) is 25.2 Å². The maximum absolute atomic E-state index is 8.61. The third kappa shape index (κ3) is 3.57. The van der Waals surface area contributed by atoms with Crippen LogP contribution in [0.2, 0.25) is 0 Å². The van der Waals surface area contributed by atoms with E-state index < -0.39 is 0 Å². The first-order valence-corrected chi connectivity index (χ1v) is 4.65. The zero-order valence-electron chi connectivity index (χ0n) is 8.43. The molecule has 0 amide bonds. The van der Waals surface area contributed by atoms with Crippen LogP contribution in [0.1, 0.15) is 40.0 Å². The molecule has 1 nitrogen and oxygen atoms in total. The summed E-state index contributed by atoms with van der Waals surface area (Å²) in [6, 6.07) is 2.25. The maximum Gasteiger partial charge on any atom is 0.0624 e. The van der Waals surface area contributed by atoms with Crippen LogP contribution in [0.4, 0.5) is 0 Å². The van der Waals surface area contributed by atoms with Gasteiger partial charge in [0.1, 0.15) is 0 Å². The summed E-state index contributed by atoms with van der Waals surface area (Å²) in [4.78, 5) is 0. The van der Waals surface area contributed by atoms with E-state index >= 15 is 0 Å². The molecule has 0 N–H and O–H groups in total. The molecule has 0 heterocycles. The predicted molar refractivity (Wildman–Crippen MR) is 52.6 cm³/mol. The largest absolute Gasteiger partial charge is 0.198 e. The molecule has 0 aromatic rings. The van der Waals surface area contributed by atoms with Crippen molar-refractivity contribution in [3.05, 3.63) is 12.2 Å². The van der Waals surface area contributed by atoms with Gasteiger partial charge in [-0.15, -0.1) is 0 Å².